The number of nitrogens with zero attached hydrogens (tertiary/aromatic N) is 3. The van der Waals surface area contributed by atoms with Crippen LogP contribution in [0.15, 0.2) is 37.1 Å². The van der Waals surface area contributed by atoms with Gasteiger partial charge in [0.05, 0.1) is 18.2 Å². The molecule has 0 fully saturated rings. The van der Waals surface area contributed by atoms with E-state index in [1.165, 1.54) is 0 Å². The average Bonchev–Trinajstić information content (AvgIpc) is 2.75. The minimum Gasteiger partial charge on any atom is -0.331 e. The zero-order chi connectivity index (χ0) is 11.4. The first-order chi connectivity index (χ1) is 7.77. The van der Waals surface area contributed by atoms with Gasteiger partial charge in [-0.15, -0.1) is 0 Å². The number of hydrogen-bond acceptors (Lipinski definition) is 3. The Balaban J connectivity index is 2.19. The molecule has 2 heterocycles. The van der Waals surface area contributed by atoms with Crippen LogP contribution in [0.3, 0.4) is 0 Å². The Morgan fingerprint density at radius 1 is 1.31 bits per heavy atom. The second-order valence-electron chi connectivity index (χ2n) is 3.97. The Labute approximate surface area is 95.1 Å². The van der Waals surface area contributed by atoms with E-state index in [0.29, 0.717) is 0 Å². The van der Waals surface area contributed by atoms with Gasteiger partial charge in [-0.1, -0.05) is 0 Å². The Morgan fingerprint density at radius 2 is 2.06 bits per heavy atom. The SMILES string of the molecule is CC(N)CCn1cncc1-c1ccncc1. The van der Waals surface area contributed by atoms with Gasteiger partial charge in [0.15, 0.2) is 0 Å². The number of rotatable bonds is 4. The Kier molecular flexibility index (Phi) is 3.31. The molecule has 16 heavy (non-hydrogen) atoms. The number of imidazole rings is 1. The molecule has 0 spiro atoms. The van der Waals surface area contributed by atoms with Gasteiger partial charge in [-0.2, -0.15) is 0 Å². The lowest BCUT2D eigenvalue weighted by atomic mass is 10.2. The summed E-state index contributed by atoms with van der Waals surface area (Å²) < 4.78 is 2.12. The first-order valence-corrected chi connectivity index (χ1v) is 5.43. The summed E-state index contributed by atoms with van der Waals surface area (Å²) in [6.07, 6.45) is 8.25. The molecule has 2 aromatic heterocycles. The van der Waals surface area contributed by atoms with E-state index in [-0.39, 0.29) is 6.04 Å². The third-order valence-electron chi connectivity index (χ3n) is 2.51. The Bertz CT molecular complexity index is 433. The minimum atomic E-state index is 0.215. The van der Waals surface area contributed by atoms with Crippen LogP contribution >= 0.6 is 0 Å². The zero-order valence-electron chi connectivity index (χ0n) is 9.37. The van der Waals surface area contributed by atoms with E-state index in [1.54, 1.807) is 12.4 Å². The molecule has 0 radical (unpaired) electrons. The molecule has 2 N–H and O–H groups in total. The molecule has 4 heteroatoms. The minimum absolute atomic E-state index is 0.215. The monoisotopic (exact) mass is 216 g/mol. The highest BCUT2D eigenvalue weighted by Gasteiger charge is 2.05. The van der Waals surface area contributed by atoms with Gasteiger partial charge >= 0.3 is 0 Å². The van der Waals surface area contributed by atoms with E-state index in [9.17, 15) is 0 Å². The summed E-state index contributed by atoms with van der Waals surface area (Å²) >= 11 is 0. The van der Waals surface area contributed by atoms with E-state index in [0.717, 1.165) is 24.2 Å². The van der Waals surface area contributed by atoms with Crippen molar-refractivity contribution in [3.8, 4) is 11.3 Å². The highest BCUT2D eigenvalue weighted by molar-refractivity contribution is 5.57. The molecule has 4 nitrogen and oxygen atoms in total. The molecule has 1 atom stereocenters. The third-order valence-corrected chi connectivity index (χ3v) is 2.51. The van der Waals surface area contributed by atoms with Crippen molar-refractivity contribution >= 4 is 0 Å². The van der Waals surface area contributed by atoms with Crippen molar-refractivity contribution in [3.05, 3.63) is 37.1 Å². The fourth-order valence-corrected chi connectivity index (χ4v) is 1.60. The lowest BCUT2D eigenvalue weighted by Crippen LogP contribution is -2.17. The quantitative estimate of drug-likeness (QED) is 0.846. The fourth-order valence-electron chi connectivity index (χ4n) is 1.60. The molecular weight excluding hydrogens is 200 g/mol. The maximum atomic E-state index is 5.75. The van der Waals surface area contributed by atoms with Gasteiger partial charge in [0.2, 0.25) is 0 Å². The summed E-state index contributed by atoms with van der Waals surface area (Å²) in [5.74, 6) is 0. The van der Waals surface area contributed by atoms with Gasteiger partial charge in [0.25, 0.3) is 0 Å². The lowest BCUT2D eigenvalue weighted by molar-refractivity contribution is 0.573. The van der Waals surface area contributed by atoms with Crippen LogP contribution in [0.25, 0.3) is 11.3 Å². The standard InChI is InChI=1S/C12H16N4/c1-10(13)4-7-16-9-15-8-12(16)11-2-5-14-6-3-11/h2-3,5-6,8-10H,4,7,13H2,1H3. The molecule has 0 saturated heterocycles. The maximum absolute atomic E-state index is 5.75. The largest absolute Gasteiger partial charge is 0.331 e. The van der Waals surface area contributed by atoms with Crippen LogP contribution in [0.5, 0.6) is 0 Å². The highest BCUT2D eigenvalue weighted by atomic mass is 15.0. The Hall–Kier alpha value is -1.68. The molecule has 0 bridgehead atoms. The van der Waals surface area contributed by atoms with Crippen molar-refractivity contribution in [1.29, 1.82) is 0 Å². The van der Waals surface area contributed by atoms with Crippen LogP contribution in [-0.2, 0) is 6.54 Å². The second kappa shape index (κ2) is 4.90. The first kappa shape index (κ1) is 10.8. The number of hydrogen-bond donors (Lipinski definition) is 1. The average molecular weight is 216 g/mol. The molecule has 0 aromatic carbocycles. The highest BCUT2D eigenvalue weighted by Crippen LogP contribution is 2.17. The van der Waals surface area contributed by atoms with Gasteiger partial charge in [-0.3, -0.25) is 4.98 Å². The molecule has 1 unspecified atom stereocenters. The predicted octanol–water partition coefficient (Wildman–Crippen LogP) is 1.68. The zero-order valence-corrected chi connectivity index (χ0v) is 9.37. The number of aromatic nitrogens is 3. The second-order valence-corrected chi connectivity index (χ2v) is 3.97. The smallest absolute Gasteiger partial charge is 0.0950 e. The third kappa shape index (κ3) is 2.46. The van der Waals surface area contributed by atoms with Crippen molar-refractivity contribution in [1.82, 2.24) is 14.5 Å². The van der Waals surface area contributed by atoms with Crippen molar-refractivity contribution in [2.75, 3.05) is 0 Å². The molecule has 2 aromatic rings. The van der Waals surface area contributed by atoms with Crippen LogP contribution in [0.1, 0.15) is 13.3 Å². The van der Waals surface area contributed by atoms with Gasteiger partial charge < -0.3 is 10.3 Å². The van der Waals surface area contributed by atoms with Gasteiger partial charge in [-0.05, 0) is 25.5 Å². The topological polar surface area (TPSA) is 56.7 Å². The van der Waals surface area contributed by atoms with E-state index < -0.39 is 0 Å². The molecule has 0 saturated carbocycles. The van der Waals surface area contributed by atoms with Crippen molar-refractivity contribution < 1.29 is 0 Å². The summed E-state index contributed by atoms with van der Waals surface area (Å²) in [6.45, 7) is 2.92. The van der Waals surface area contributed by atoms with E-state index in [4.69, 9.17) is 5.73 Å². The summed E-state index contributed by atoms with van der Waals surface area (Å²) in [5.41, 5.74) is 8.00. The number of aryl methyl sites for hydroxylation is 1. The molecule has 0 amide bonds. The van der Waals surface area contributed by atoms with Crippen LogP contribution in [0.2, 0.25) is 0 Å². The summed E-state index contributed by atoms with van der Waals surface area (Å²) in [6, 6.07) is 4.19. The van der Waals surface area contributed by atoms with Crippen LogP contribution in [0, 0.1) is 0 Å². The van der Waals surface area contributed by atoms with E-state index >= 15 is 0 Å². The van der Waals surface area contributed by atoms with Crippen molar-refractivity contribution in [2.24, 2.45) is 5.73 Å². The predicted molar refractivity (Wildman–Crippen MR) is 63.7 cm³/mol. The molecule has 2 rings (SSSR count). The van der Waals surface area contributed by atoms with Crippen molar-refractivity contribution in [2.45, 2.75) is 25.9 Å². The van der Waals surface area contributed by atoms with Crippen molar-refractivity contribution in [3.63, 3.8) is 0 Å². The number of pyridine rings is 1. The van der Waals surface area contributed by atoms with Crippen LogP contribution in [0.4, 0.5) is 0 Å². The summed E-state index contributed by atoms with van der Waals surface area (Å²) in [4.78, 5) is 8.19. The molecule has 0 aliphatic carbocycles. The fraction of sp³-hybridized carbons (Fsp3) is 0.333. The van der Waals surface area contributed by atoms with Gasteiger partial charge in [0, 0.05) is 30.5 Å². The van der Waals surface area contributed by atoms with Gasteiger partial charge in [-0.25, -0.2) is 4.98 Å². The number of nitrogens with two attached hydrogens (primary N) is 1. The van der Waals surface area contributed by atoms with Crippen LogP contribution < -0.4 is 5.73 Å². The molecule has 84 valence electrons. The van der Waals surface area contributed by atoms with E-state index in [1.807, 2.05) is 31.6 Å². The summed E-state index contributed by atoms with van der Waals surface area (Å²) in [5, 5.41) is 0. The first-order valence-electron chi connectivity index (χ1n) is 5.43. The normalized spacial score (nSPS) is 12.6. The van der Waals surface area contributed by atoms with E-state index in [2.05, 4.69) is 14.5 Å². The molecule has 0 aliphatic heterocycles. The lowest BCUT2D eigenvalue weighted by Gasteiger charge is -2.09. The van der Waals surface area contributed by atoms with Gasteiger partial charge in [0.1, 0.15) is 0 Å². The van der Waals surface area contributed by atoms with Crippen LogP contribution in [-0.4, -0.2) is 20.6 Å². The Morgan fingerprint density at radius 3 is 2.75 bits per heavy atom. The molecular formula is C12H16N4. The molecule has 0 aliphatic rings. The maximum Gasteiger partial charge on any atom is 0.0950 e. The summed E-state index contributed by atoms with van der Waals surface area (Å²) in [7, 11) is 0.